The first-order valence-corrected chi connectivity index (χ1v) is 13.5. The molecular formula is C22H19NO12P2. The van der Waals surface area contributed by atoms with E-state index >= 15 is 0 Å². The first-order valence-electron chi connectivity index (χ1n) is 10.4. The van der Waals surface area contributed by atoms with Crippen molar-refractivity contribution < 1.29 is 51.6 Å². The third-order valence-electron chi connectivity index (χ3n) is 5.81. The van der Waals surface area contributed by atoms with Gasteiger partial charge in [0.1, 0.15) is 5.58 Å². The molecule has 0 aliphatic rings. The van der Waals surface area contributed by atoms with Gasteiger partial charge in [-0.25, -0.2) is 13.9 Å². The third-order valence-corrected chi connectivity index (χ3v) is 6.68. The van der Waals surface area contributed by atoms with Crippen LogP contribution in [-0.2, 0) is 16.2 Å². The van der Waals surface area contributed by atoms with E-state index in [1.54, 1.807) is 23.7 Å². The maximum atomic E-state index is 13.1. The lowest BCUT2D eigenvalue weighted by molar-refractivity contribution is 0.274. The number of benzene rings is 3. The molecule has 0 bridgehead atoms. The van der Waals surface area contributed by atoms with E-state index in [0.717, 1.165) is 0 Å². The second kappa shape index (κ2) is 8.49. The minimum Gasteiger partial charge on any atom is -0.493 e. The average molecular weight is 551 g/mol. The molecule has 0 spiro atoms. The Morgan fingerprint density at radius 1 is 0.757 bits per heavy atom. The SMILES string of the molecule is COc1cc2c(ccc3c4c(=O)oc5cc(OP(=O)(O)O)c(OC)cc5c4n(C)c23)cc1OP(=O)(O)O. The number of aromatic nitrogens is 1. The molecule has 3 aromatic carbocycles. The molecule has 0 aliphatic heterocycles. The van der Waals surface area contributed by atoms with Gasteiger partial charge in [0.25, 0.3) is 0 Å². The van der Waals surface area contributed by atoms with Gasteiger partial charge in [-0.1, -0.05) is 12.1 Å². The zero-order chi connectivity index (χ0) is 26.9. The molecule has 2 heterocycles. The number of rotatable bonds is 6. The minimum atomic E-state index is -4.93. The second-order valence-corrected chi connectivity index (χ2v) is 10.3. The van der Waals surface area contributed by atoms with Gasteiger partial charge in [-0.15, -0.1) is 0 Å². The van der Waals surface area contributed by atoms with Crippen molar-refractivity contribution in [3.8, 4) is 23.0 Å². The first kappa shape index (κ1) is 25.1. The van der Waals surface area contributed by atoms with E-state index in [1.807, 2.05) is 0 Å². The zero-order valence-electron chi connectivity index (χ0n) is 19.4. The summed E-state index contributed by atoms with van der Waals surface area (Å²) in [5.74, 6) is -0.403. The Morgan fingerprint density at radius 2 is 1.32 bits per heavy atom. The van der Waals surface area contributed by atoms with Gasteiger partial charge in [-0.3, -0.25) is 19.6 Å². The van der Waals surface area contributed by atoms with Gasteiger partial charge < -0.3 is 27.5 Å². The van der Waals surface area contributed by atoms with Crippen LogP contribution in [0.4, 0.5) is 0 Å². The van der Waals surface area contributed by atoms with Crippen molar-refractivity contribution >= 4 is 59.2 Å². The molecule has 0 saturated carbocycles. The number of ether oxygens (including phenoxy) is 2. The molecular weight excluding hydrogens is 532 g/mol. The number of aryl methyl sites for hydroxylation is 1. The van der Waals surface area contributed by atoms with Crippen LogP contribution in [0.25, 0.3) is 43.5 Å². The number of phosphoric acid groups is 2. The summed E-state index contributed by atoms with van der Waals surface area (Å²) in [6.45, 7) is 0. The smallest absolute Gasteiger partial charge is 0.493 e. The van der Waals surface area contributed by atoms with Gasteiger partial charge in [-0.05, 0) is 23.6 Å². The molecule has 0 amide bonds. The number of methoxy groups -OCH3 is 2. The lowest BCUT2D eigenvalue weighted by Gasteiger charge is -2.13. The van der Waals surface area contributed by atoms with Crippen LogP contribution < -0.4 is 24.1 Å². The lowest BCUT2D eigenvalue weighted by atomic mass is 10.0. The Labute approximate surface area is 206 Å². The average Bonchev–Trinajstić information content (AvgIpc) is 3.10. The number of phosphoric ester groups is 2. The quantitative estimate of drug-likeness (QED) is 0.178. The highest BCUT2D eigenvalue weighted by atomic mass is 31.2. The van der Waals surface area contributed by atoms with E-state index in [9.17, 15) is 33.5 Å². The Bertz CT molecular complexity index is 1900. The first-order chi connectivity index (χ1) is 17.3. The molecule has 5 aromatic rings. The molecule has 5 rings (SSSR count). The van der Waals surface area contributed by atoms with Crippen molar-refractivity contribution in [3.63, 3.8) is 0 Å². The van der Waals surface area contributed by atoms with Crippen molar-refractivity contribution in [2.24, 2.45) is 7.05 Å². The maximum Gasteiger partial charge on any atom is 0.524 e. The predicted molar refractivity (Wildman–Crippen MR) is 132 cm³/mol. The van der Waals surface area contributed by atoms with E-state index in [2.05, 4.69) is 0 Å². The summed E-state index contributed by atoms with van der Waals surface area (Å²) in [5, 5.41) is 2.32. The van der Waals surface area contributed by atoms with Crippen LogP contribution >= 0.6 is 15.6 Å². The van der Waals surface area contributed by atoms with E-state index in [-0.39, 0.29) is 34.0 Å². The fourth-order valence-electron chi connectivity index (χ4n) is 4.49. The summed E-state index contributed by atoms with van der Waals surface area (Å²) >= 11 is 0. The standard InChI is InChI=1S/C22H19NO12P2/c1-23-20-11(5-4-10-6-17(34-36(25,26)27)15(31-2)7-12(10)20)19-21(23)13-8-16(32-3)18(35-37(28,29)30)9-14(13)33-22(19)24/h4-9H,1-3H3,(H2,25,26,27)(H2,28,29,30). The largest absolute Gasteiger partial charge is 0.524 e. The maximum absolute atomic E-state index is 13.1. The molecule has 2 aromatic heterocycles. The van der Waals surface area contributed by atoms with Crippen molar-refractivity contribution in [3.05, 3.63) is 46.8 Å². The topological polar surface area (TPSA) is 187 Å². The molecule has 4 N–H and O–H groups in total. The van der Waals surface area contributed by atoms with E-state index in [0.29, 0.717) is 32.6 Å². The predicted octanol–water partition coefficient (Wildman–Crippen LogP) is 3.55. The molecule has 15 heteroatoms. The number of nitrogens with zero attached hydrogens (tertiary/aromatic N) is 1. The van der Waals surface area contributed by atoms with Crippen LogP contribution in [-0.4, -0.2) is 38.4 Å². The van der Waals surface area contributed by atoms with Gasteiger partial charge >= 0.3 is 21.3 Å². The number of hydrogen-bond donors (Lipinski definition) is 4. The molecule has 13 nitrogen and oxygen atoms in total. The van der Waals surface area contributed by atoms with Gasteiger partial charge in [0, 0.05) is 29.3 Å². The van der Waals surface area contributed by atoms with Crippen molar-refractivity contribution in [2.45, 2.75) is 0 Å². The summed E-state index contributed by atoms with van der Waals surface area (Å²) in [6, 6.07) is 8.89. The van der Waals surface area contributed by atoms with E-state index in [4.69, 9.17) is 22.9 Å². The highest BCUT2D eigenvalue weighted by Crippen LogP contribution is 2.47. The monoisotopic (exact) mass is 551 g/mol. The summed E-state index contributed by atoms with van der Waals surface area (Å²) < 4.78 is 50.0. The van der Waals surface area contributed by atoms with Gasteiger partial charge in [0.15, 0.2) is 23.0 Å². The molecule has 0 radical (unpaired) electrons. The molecule has 0 atom stereocenters. The Hall–Kier alpha value is -3.57. The Balaban J connectivity index is 1.88. The van der Waals surface area contributed by atoms with E-state index in [1.165, 1.54) is 38.5 Å². The molecule has 0 fully saturated rings. The number of fused-ring (bicyclic) bond motifs is 7. The summed E-state index contributed by atoms with van der Waals surface area (Å²) in [5.41, 5.74) is 0.340. The Morgan fingerprint density at radius 3 is 1.89 bits per heavy atom. The number of hydrogen-bond acceptors (Lipinski definition) is 8. The molecule has 194 valence electrons. The fraction of sp³-hybridized carbons (Fsp3) is 0.136. The molecule has 0 unspecified atom stereocenters. The van der Waals surface area contributed by atoms with Crippen molar-refractivity contribution in [1.82, 2.24) is 4.57 Å². The minimum absolute atomic E-state index is 0.00184. The van der Waals surface area contributed by atoms with Crippen LogP contribution in [0.2, 0.25) is 0 Å². The molecule has 0 aliphatic carbocycles. The van der Waals surface area contributed by atoms with Crippen LogP contribution in [0.3, 0.4) is 0 Å². The molecule has 37 heavy (non-hydrogen) atoms. The van der Waals surface area contributed by atoms with Gasteiger partial charge in [-0.2, -0.15) is 0 Å². The zero-order valence-corrected chi connectivity index (χ0v) is 21.1. The summed E-state index contributed by atoms with van der Waals surface area (Å²) in [6.07, 6.45) is 0. The highest BCUT2D eigenvalue weighted by Gasteiger charge is 2.25. The third kappa shape index (κ3) is 4.31. The lowest BCUT2D eigenvalue weighted by Crippen LogP contribution is -2.01. The van der Waals surface area contributed by atoms with Crippen molar-refractivity contribution in [1.29, 1.82) is 0 Å². The van der Waals surface area contributed by atoms with Crippen LogP contribution in [0.1, 0.15) is 0 Å². The summed E-state index contributed by atoms with van der Waals surface area (Å²) in [7, 11) is -5.46. The van der Waals surface area contributed by atoms with Crippen molar-refractivity contribution in [2.75, 3.05) is 14.2 Å². The molecule has 0 saturated heterocycles. The van der Waals surface area contributed by atoms with Crippen LogP contribution in [0.5, 0.6) is 23.0 Å². The highest BCUT2D eigenvalue weighted by molar-refractivity contribution is 7.47. The van der Waals surface area contributed by atoms with Crippen LogP contribution in [0.15, 0.2) is 45.6 Å². The van der Waals surface area contributed by atoms with Gasteiger partial charge in [0.2, 0.25) is 0 Å². The Kier molecular flexibility index (Phi) is 5.76. The normalized spacial score (nSPS) is 12.5. The summed E-state index contributed by atoms with van der Waals surface area (Å²) in [4.78, 5) is 50.1. The van der Waals surface area contributed by atoms with Gasteiger partial charge in [0.05, 0.1) is 30.6 Å². The second-order valence-electron chi connectivity index (χ2n) is 8.02. The fourth-order valence-corrected chi connectivity index (χ4v) is 5.29. The van der Waals surface area contributed by atoms with E-state index < -0.39 is 21.3 Å². The van der Waals surface area contributed by atoms with Crippen LogP contribution in [0, 0.1) is 0 Å².